The maximum Gasteiger partial charge on any atom is 0.193 e. The lowest BCUT2D eigenvalue weighted by Crippen LogP contribution is -2.06. The quantitative estimate of drug-likeness (QED) is 0.694. The number of hydrogen-bond acceptors (Lipinski definition) is 4. The van der Waals surface area contributed by atoms with E-state index in [0.717, 1.165) is 5.56 Å². The molecule has 0 aromatic heterocycles. The number of hydrogen-bond donors (Lipinski definition) is 1. The third kappa shape index (κ3) is 3.11. The van der Waals surface area contributed by atoms with Gasteiger partial charge in [-0.05, 0) is 42.8 Å². The zero-order chi connectivity index (χ0) is 15.6. The maximum absolute atomic E-state index is 12.6. The first kappa shape index (κ1) is 15.2. The van der Waals surface area contributed by atoms with Gasteiger partial charge in [0, 0.05) is 21.8 Å². The van der Waals surface area contributed by atoms with Gasteiger partial charge in [-0.1, -0.05) is 11.6 Å². The molecular formula is C16H16ClNO3. The molecular weight excluding hydrogens is 290 g/mol. The van der Waals surface area contributed by atoms with Gasteiger partial charge >= 0.3 is 0 Å². The molecule has 21 heavy (non-hydrogen) atoms. The fourth-order valence-electron chi connectivity index (χ4n) is 2.12. The third-order valence-corrected chi connectivity index (χ3v) is 3.38. The van der Waals surface area contributed by atoms with E-state index < -0.39 is 0 Å². The van der Waals surface area contributed by atoms with Crippen LogP contribution in [0.3, 0.4) is 0 Å². The molecule has 0 amide bonds. The molecule has 0 radical (unpaired) electrons. The van der Waals surface area contributed by atoms with Crippen molar-refractivity contribution in [2.45, 2.75) is 6.92 Å². The molecule has 2 rings (SSSR count). The van der Waals surface area contributed by atoms with E-state index in [-0.39, 0.29) is 5.78 Å². The maximum atomic E-state index is 12.6. The van der Waals surface area contributed by atoms with E-state index in [9.17, 15) is 4.79 Å². The first-order chi connectivity index (χ1) is 9.96. The molecule has 4 nitrogen and oxygen atoms in total. The number of carbonyl (C=O) groups excluding carboxylic acids is 1. The topological polar surface area (TPSA) is 61.5 Å². The summed E-state index contributed by atoms with van der Waals surface area (Å²) < 4.78 is 10.5. The summed E-state index contributed by atoms with van der Waals surface area (Å²) in [5.74, 6) is 0.918. The van der Waals surface area contributed by atoms with Crippen molar-refractivity contribution in [2.24, 2.45) is 0 Å². The van der Waals surface area contributed by atoms with E-state index in [1.807, 2.05) is 6.92 Å². The van der Waals surface area contributed by atoms with E-state index in [2.05, 4.69) is 0 Å². The summed E-state index contributed by atoms with van der Waals surface area (Å²) in [6.07, 6.45) is 0. The highest BCUT2D eigenvalue weighted by Gasteiger charge is 2.17. The number of anilines is 1. The van der Waals surface area contributed by atoms with Gasteiger partial charge in [-0.15, -0.1) is 0 Å². The average Bonchev–Trinajstić information content (AvgIpc) is 2.45. The lowest BCUT2D eigenvalue weighted by atomic mass is 9.98. The molecule has 0 aliphatic heterocycles. The number of ketones is 1. The average molecular weight is 306 g/mol. The lowest BCUT2D eigenvalue weighted by molar-refractivity contribution is 0.103. The van der Waals surface area contributed by atoms with Crippen LogP contribution < -0.4 is 15.2 Å². The van der Waals surface area contributed by atoms with E-state index >= 15 is 0 Å². The van der Waals surface area contributed by atoms with Crippen molar-refractivity contribution in [3.05, 3.63) is 52.0 Å². The van der Waals surface area contributed by atoms with Crippen LogP contribution in [0.1, 0.15) is 21.5 Å². The Kier molecular flexibility index (Phi) is 4.38. The molecule has 0 saturated heterocycles. The molecule has 0 unspecified atom stereocenters. The molecule has 2 aromatic carbocycles. The third-order valence-electron chi connectivity index (χ3n) is 3.16. The number of aryl methyl sites for hydroxylation is 1. The van der Waals surface area contributed by atoms with Crippen molar-refractivity contribution in [1.29, 1.82) is 0 Å². The van der Waals surface area contributed by atoms with Crippen molar-refractivity contribution in [2.75, 3.05) is 20.0 Å². The molecule has 2 aromatic rings. The second-order valence-electron chi connectivity index (χ2n) is 4.62. The van der Waals surface area contributed by atoms with Gasteiger partial charge in [0.1, 0.15) is 0 Å². The molecule has 0 atom stereocenters. The van der Waals surface area contributed by atoms with Gasteiger partial charge in [0.25, 0.3) is 0 Å². The number of methoxy groups -OCH3 is 2. The molecule has 0 heterocycles. The molecule has 0 saturated carbocycles. The lowest BCUT2D eigenvalue weighted by Gasteiger charge is -2.12. The molecule has 110 valence electrons. The highest BCUT2D eigenvalue weighted by atomic mass is 35.5. The zero-order valence-electron chi connectivity index (χ0n) is 12.1. The molecule has 5 heteroatoms. The van der Waals surface area contributed by atoms with Crippen molar-refractivity contribution in [3.63, 3.8) is 0 Å². The van der Waals surface area contributed by atoms with Crippen LogP contribution in [0.2, 0.25) is 5.02 Å². The van der Waals surface area contributed by atoms with Crippen molar-refractivity contribution >= 4 is 23.1 Å². The van der Waals surface area contributed by atoms with E-state index in [0.29, 0.717) is 33.3 Å². The van der Waals surface area contributed by atoms with Crippen molar-refractivity contribution in [3.8, 4) is 11.5 Å². The van der Waals surface area contributed by atoms with Gasteiger partial charge in [-0.25, -0.2) is 0 Å². The molecule has 0 spiro atoms. The minimum Gasteiger partial charge on any atom is -0.493 e. The number of ether oxygens (including phenoxy) is 2. The fourth-order valence-corrected chi connectivity index (χ4v) is 2.37. The normalized spacial score (nSPS) is 10.3. The Bertz CT molecular complexity index is 678. The Labute approximate surface area is 128 Å². The Morgan fingerprint density at radius 1 is 1.05 bits per heavy atom. The van der Waals surface area contributed by atoms with Crippen LogP contribution in [0, 0.1) is 6.92 Å². The Morgan fingerprint density at radius 3 is 2.24 bits per heavy atom. The summed E-state index contributed by atoms with van der Waals surface area (Å²) in [6, 6.07) is 8.22. The minimum absolute atomic E-state index is 0.164. The number of rotatable bonds is 4. The van der Waals surface area contributed by atoms with Crippen LogP contribution in [0.15, 0.2) is 30.3 Å². The second-order valence-corrected chi connectivity index (χ2v) is 5.06. The number of nitrogen functional groups attached to an aromatic ring is 1. The fraction of sp³-hybridized carbons (Fsp3) is 0.188. The van der Waals surface area contributed by atoms with E-state index in [4.69, 9.17) is 26.8 Å². The highest BCUT2D eigenvalue weighted by Crippen LogP contribution is 2.31. The number of carbonyl (C=O) groups is 1. The first-order valence-corrected chi connectivity index (χ1v) is 6.67. The summed E-state index contributed by atoms with van der Waals surface area (Å²) in [5, 5.41) is 0.427. The minimum atomic E-state index is -0.164. The number of halogens is 1. The first-order valence-electron chi connectivity index (χ1n) is 6.29. The molecule has 0 bridgehead atoms. The molecule has 2 N–H and O–H groups in total. The summed E-state index contributed by atoms with van der Waals surface area (Å²) in [7, 11) is 3.08. The summed E-state index contributed by atoms with van der Waals surface area (Å²) in [6.45, 7) is 1.84. The van der Waals surface area contributed by atoms with Crippen LogP contribution in [0.25, 0.3) is 0 Å². The van der Waals surface area contributed by atoms with Crippen LogP contribution in [-0.2, 0) is 0 Å². The van der Waals surface area contributed by atoms with Crippen LogP contribution in [0.5, 0.6) is 11.5 Å². The summed E-state index contributed by atoms with van der Waals surface area (Å²) >= 11 is 5.95. The Hall–Kier alpha value is -2.20. The van der Waals surface area contributed by atoms with Gasteiger partial charge in [0.05, 0.1) is 14.2 Å². The number of nitrogens with two attached hydrogens (primary N) is 1. The highest BCUT2D eigenvalue weighted by molar-refractivity contribution is 6.31. The summed E-state index contributed by atoms with van der Waals surface area (Å²) in [4.78, 5) is 12.6. The largest absolute Gasteiger partial charge is 0.493 e. The van der Waals surface area contributed by atoms with Crippen LogP contribution in [0.4, 0.5) is 5.69 Å². The standard InChI is InChI=1S/C16H16ClNO3/c1-9-4-14(20-2)15(21-3)8-13(9)16(19)10-5-11(17)7-12(18)6-10/h4-8H,18H2,1-3H3. The second kappa shape index (κ2) is 6.06. The van der Waals surface area contributed by atoms with Gasteiger partial charge in [0.15, 0.2) is 17.3 Å². The SMILES string of the molecule is COc1cc(C)c(C(=O)c2cc(N)cc(Cl)c2)cc1OC. The predicted molar refractivity (Wildman–Crippen MR) is 83.6 cm³/mol. The molecule has 0 fully saturated rings. The number of benzene rings is 2. The van der Waals surface area contributed by atoms with Crippen LogP contribution in [-0.4, -0.2) is 20.0 Å². The van der Waals surface area contributed by atoms with Gasteiger partial charge in [0.2, 0.25) is 0 Å². The van der Waals surface area contributed by atoms with E-state index in [1.165, 1.54) is 7.11 Å². The Balaban J connectivity index is 2.52. The monoisotopic (exact) mass is 305 g/mol. The van der Waals surface area contributed by atoms with Gasteiger partial charge < -0.3 is 15.2 Å². The smallest absolute Gasteiger partial charge is 0.193 e. The predicted octanol–water partition coefficient (Wildman–Crippen LogP) is 3.48. The van der Waals surface area contributed by atoms with Crippen molar-refractivity contribution < 1.29 is 14.3 Å². The molecule has 0 aliphatic carbocycles. The van der Waals surface area contributed by atoms with Crippen LogP contribution >= 0.6 is 11.6 Å². The Morgan fingerprint density at radius 2 is 1.67 bits per heavy atom. The van der Waals surface area contributed by atoms with Crippen molar-refractivity contribution in [1.82, 2.24) is 0 Å². The zero-order valence-corrected chi connectivity index (χ0v) is 12.8. The van der Waals surface area contributed by atoms with E-state index in [1.54, 1.807) is 37.4 Å². The summed E-state index contributed by atoms with van der Waals surface area (Å²) in [5.41, 5.74) is 7.93. The molecule has 0 aliphatic rings. The van der Waals surface area contributed by atoms with Gasteiger partial charge in [-0.2, -0.15) is 0 Å². The van der Waals surface area contributed by atoms with Gasteiger partial charge in [-0.3, -0.25) is 4.79 Å².